The fraction of sp³-hybridized carbons (Fsp3) is 0.550. The maximum absolute atomic E-state index is 2.72. The molecule has 0 aliphatic carbocycles. The van der Waals surface area contributed by atoms with E-state index < -0.39 is 36.8 Å². The van der Waals surface area contributed by atoms with Gasteiger partial charge < -0.3 is 0 Å². The number of hydrogen-bond acceptors (Lipinski definition) is 2. The third-order valence-corrected chi connectivity index (χ3v) is 35.7. The van der Waals surface area contributed by atoms with Gasteiger partial charge in [-0.2, -0.15) is 0 Å². The molecule has 0 aliphatic heterocycles. The number of thiophene rings is 2. The van der Waals surface area contributed by atoms with Crippen molar-refractivity contribution in [2.75, 3.05) is 0 Å². The van der Waals surface area contributed by atoms with Crippen LogP contribution in [0, 0.1) is 11.8 Å². The average Bonchev–Trinajstić information content (AvgIpc) is 3.81. The van der Waals surface area contributed by atoms with Gasteiger partial charge >= 0.3 is 313 Å². The summed E-state index contributed by atoms with van der Waals surface area (Å²) in [6.45, 7) is 9.50. The number of hydrogen-bond donors (Lipinski definition) is 0. The zero-order valence-electron chi connectivity index (χ0n) is 30.3. The minimum absolute atomic E-state index is 0.433. The van der Waals surface area contributed by atoms with E-state index in [1.165, 1.54) is 64.2 Å². The Morgan fingerprint density at radius 3 is 1.30 bits per heavy atom. The van der Waals surface area contributed by atoms with Gasteiger partial charge in [-0.3, -0.25) is 0 Å². The molecule has 2 atom stereocenters. The van der Waals surface area contributed by atoms with Crippen molar-refractivity contribution < 1.29 is 0 Å². The molecule has 0 spiro atoms. The van der Waals surface area contributed by atoms with E-state index in [-0.39, 0.29) is 0 Å². The molecule has 0 amide bonds. The van der Waals surface area contributed by atoms with E-state index in [2.05, 4.69) is 116 Å². The average molecular weight is 998 g/mol. The minimum atomic E-state index is -2.29. The third-order valence-electron chi connectivity index (χ3n) is 9.82. The van der Waals surface area contributed by atoms with E-state index >= 15 is 0 Å². The van der Waals surface area contributed by atoms with E-state index in [4.69, 9.17) is 0 Å². The molecule has 0 fully saturated rings. The molecular formula is C40H58S2Se2Sn2. The molecule has 250 valence electrons. The first-order chi connectivity index (χ1) is 21.9. The fourth-order valence-electron chi connectivity index (χ4n) is 6.70. The maximum atomic E-state index is 2.72. The fourth-order valence-corrected chi connectivity index (χ4v) is 24.9. The number of rotatable bonds is 16. The summed E-state index contributed by atoms with van der Waals surface area (Å²) in [5.41, 5.74) is 3.27. The van der Waals surface area contributed by atoms with Crippen molar-refractivity contribution in [3.8, 4) is 20.0 Å². The van der Waals surface area contributed by atoms with Crippen molar-refractivity contribution in [1.29, 1.82) is 0 Å². The first kappa shape index (κ1) is 38.0. The van der Waals surface area contributed by atoms with Gasteiger partial charge in [0, 0.05) is 0 Å². The van der Waals surface area contributed by atoms with Crippen LogP contribution >= 0.6 is 22.7 Å². The zero-order chi connectivity index (χ0) is 33.2. The quantitative estimate of drug-likeness (QED) is 0.0864. The molecule has 0 N–H and O–H groups in total. The number of fused-ring (bicyclic) bond motifs is 2. The summed E-state index contributed by atoms with van der Waals surface area (Å²) in [4.78, 5) is 15.7. The van der Waals surface area contributed by atoms with Gasteiger partial charge in [0.2, 0.25) is 0 Å². The van der Waals surface area contributed by atoms with Crippen LogP contribution in [0.2, 0.25) is 29.6 Å². The van der Waals surface area contributed by atoms with E-state index in [1.807, 2.05) is 0 Å². The predicted octanol–water partition coefficient (Wildman–Crippen LogP) is 12.2. The molecule has 5 aromatic rings. The Morgan fingerprint density at radius 1 is 0.587 bits per heavy atom. The Kier molecular flexibility index (Phi) is 13.5. The first-order valence-corrected chi connectivity index (χ1v) is 43.1. The molecule has 6 heteroatoms. The summed E-state index contributed by atoms with van der Waals surface area (Å²) < 4.78 is 13.5. The second-order valence-corrected chi connectivity index (χ2v) is 53.6. The molecule has 4 heterocycles. The van der Waals surface area contributed by atoms with Gasteiger partial charge in [-0.1, -0.05) is 0 Å². The Hall–Kier alpha value is 0.736. The first-order valence-electron chi connectivity index (χ1n) is 18.1. The van der Waals surface area contributed by atoms with Crippen molar-refractivity contribution in [2.24, 2.45) is 11.8 Å². The van der Waals surface area contributed by atoms with Crippen LogP contribution in [-0.2, 0) is 12.8 Å². The van der Waals surface area contributed by atoms with Crippen molar-refractivity contribution in [3.05, 3.63) is 45.3 Å². The van der Waals surface area contributed by atoms with Gasteiger partial charge in [0.05, 0.1) is 0 Å². The van der Waals surface area contributed by atoms with Crippen molar-refractivity contribution >= 4 is 114 Å². The van der Waals surface area contributed by atoms with Crippen LogP contribution in [0.5, 0.6) is 0 Å². The molecule has 0 aliphatic rings. The summed E-state index contributed by atoms with van der Waals surface area (Å²) in [6.07, 6.45) is 13.4. The predicted molar refractivity (Wildman–Crippen MR) is 222 cm³/mol. The Labute approximate surface area is 309 Å². The van der Waals surface area contributed by atoms with Crippen LogP contribution in [0.4, 0.5) is 0 Å². The van der Waals surface area contributed by atoms with Gasteiger partial charge in [0.1, 0.15) is 0 Å². The normalized spacial score (nSPS) is 14.1. The van der Waals surface area contributed by atoms with Crippen molar-refractivity contribution in [1.82, 2.24) is 0 Å². The third kappa shape index (κ3) is 8.78. The van der Waals surface area contributed by atoms with Crippen LogP contribution in [0.15, 0.2) is 36.4 Å². The Balaban J connectivity index is 1.71. The summed E-state index contributed by atoms with van der Waals surface area (Å²) in [5, 5.41) is 3.21. The summed E-state index contributed by atoms with van der Waals surface area (Å²) in [5.74, 6) is 1.70. The van der Waals surface area contributed by atoms with Crippen LogP contribution in [0.3, 0.4) is 0 Å². The van der Waals surface area contributed by atoms with Gasteiger partial charge in [-0.25, -0.2) is 0 Å². The van der Waals surface area contributed by atoms with E-state index in [0.29, 0.717) is 29.0 Å². The number of unbranched alkanes of at least 4 members (excludes halogenated alkanes) is 2. The van der Waals surface area contributed by atoms with Crippen LogP contribution in [-0.4, -0.2) is 65.8 Å². The van der Waals surface area contributed by atoms with E-state index in [0.717, 1.165) is 11.8 Å². The molecule has 5 rings (SSSR count). The van der Waals surface area contributed by atoms with Gasteiger partial charge in [0.25, 0.3) is 0 Å². The van der Waals surface area contributed by atoms with Crippen LogP contribution in [0.1, 0.15) is 87.9 Å². The second kappa shape index (κ2) is 16.4. The molecule has 46 heavy (non-hydrogen) atoms. The molecule has 0 saturated carbocycles. The summed E-state index contributed by atoms with van der Waals surface area (Å²) >= 11 is 0.681. The van der Waals surface area contributed by atoms with Gasteiger partial charge in [0.15, 0.2) is 0 Å². The van der Waals surface area contributed by atoms with E-state index in [1.54, 1.807) is 54.8 Å². The van der Waals surface area contributed by atoms with Gasteiger partial charge in [-0.05, 0) is 0 Å². The second-order valence-electron chi connectivity index (χ2n) is 15.7. The Bertz CT molecular complexity index is 1560. The van der Waals surface area contributed by atoms with Crippen LogP contribution < -0.4 is 5.79 Å². The number of benzene rings is 1. The monoisotopic (exact) mass is 1000 g/mol. The van der Waals surface area contributed by atoms with E-state index in [9.17, 15) is 0 Å². The summed E-state index contributed by atoms with van der Waals surface area (Å²) in [6, 6.07) is 15.6. The molecule has 2 unspecified atom stereocenters. The molecular weight excluding hydrogens is 940 g/mol. The Morgan fingerprint density at radius 2 is 0.978 bits per heavy atom. The zero-order valence-corrected chi connectivity index (χ0v) is 41.1. The molecule has 4 aromatic heterocycles. The SMILES string of the molecule is CCCCC(CC)Cc1ccc(-c2c3c[c]([Sn]([CH3])([CH3])[CH3])sc3c(-c3ccc(CC(CC)CCCC)[se]3)c3c[c]([Sn]([CH3])([CH3])[CH3])sc23)[se]1. The molecule has 1 aromatic carbocycles. The molecule has 0 saturated heterocycles. The van der Waals surface area contributed by atoms with Crippen LogP contribution in [0.25, 0.3) is 40.2 Å². The standard InChI is InChI=1S/C34H40S2Se2.6CH3.2Sn/c1-5-9-11-23(7-3)21-25-13-15-29(37-25)31-27-17-19-36-34(27)32(28-18-20-35-33(28)31)30-16-14-26(38-30)22-24(8-4)12-10-6-2;;;;;;;;/h13-18,23-24H,5-12,21-22H2,1-4H3;6*1H3;;. The molecule has 0 radical (unpaired) electrons. The van der Waals surface area contributed by atoms with Gasteiger partial charge in [-0.15, -0.1) is 0 Å². The topological polar surface area (TPSA) is 0 Å². The van der Waals surface area contributed by atoms with Crippen molar-refractivity contribution in [2.45, 2.75) is 122 Å². The van der Waals surface area contributed by atoms with Crippen molar-refractivity contribution in [3.63, 3.8) is 0 Å². The molecule has 0 nitrogen and oxygen atoms in total. The summed E-state index contributed by atoms with van der Waals surface area (Å²) in [7, 11) is 0. The molecule has 0 bridgehead atoms.